The zero-order chi connectivity index (χ0) is 23.2. The van der Waals surface area contributed by atoms with Crippen LogP contribution in [-0.2, 0) is 6.54 Å². The van der Waals surface area contributed by atoms with Crippen molar-refractivity contribution < 1.29 is 5.11 Å². The molecule has 34 heavy (non-hydrogen) atoms. The molecule has 0 bridgehead atoms. The molecule has 2 aromatic carbocycles. The van der Waals surface area contributed by atoms with E-state index in [9.17, 15) is 0 Å². The first-order valence-electron chi connectivity index (χ1n) is 11.6. The standard InChI is InChI=1S/C27H29N5OS/c33-15-14-28-10-1-11-29-18-19-2-4-20(5-3-19)26-17-25-27(34-26)24(9-13-31-25)32-22-6-7-23-21(16-22)8-12-30-23/h2-9,12-13,16-17,28-30,33H,1,10-11,14-15,18H2,(H,31,32). The number of pyridine rings is 1. The van der Waals surface area contributed by atoms with Crippen molar-refractivity contribution in [2.24, 2.45) is 0 Å². The second-order valence-electron chi connectivity index (χ2n) is 8.29. The van der Waals surface area contributed by atoms with Crippen LogP contribution in [0.4, 0.5) is 11.4 Å². The van der Waals surface area contributed by atoms with Gasteiger partial charge in [0, 0.05) is 47.0 Å². The monoisotopic (exact) mass is 471 g/mol. The van der Waals surface area contributed by atoms with Crippen LogP contribution in [0.3, 0.4) is 0 Å². The summed E-state index contributed by atoms with van der Waals surface area (Å²) < 4.78 is 1.16. The summed E-state index contributed by atoms with van der Waals surface area (Å²) >= 11 is 1.77. The van der Waals surface area contributed by atoms with Gasteiger partial charge in [0.15, 0.2) is 0 Å². The fourth-order valence-corrected chi connectivity index (χ4v) is 5.12. The minimum atomic E-state index is 0.192. The zero-order valence-corrected chi connectivity index (χ0v) is 19.8. The van der Waals surface area contributed by atoms with Gasteiger partial charge in [-0.1, -0.05) is 24.3 Å². The van der Waals surface area contributed by atoms with Crippen molar-refractivity contribution in [1.29, 1.82) is 0 Å². The normalized spacial score (nSPS) is 11.4. The number of thiophene rings is 1. The van der Waals surface area contributed by atoms with Gasteiger partial charge in [0.05, 0.1) is 22.5 Å². The topological polar surface area (TPSA) is 85.0 Å². The van der Waals surface area contributed by atoms with Crippen molar-refractivity contribution in [2.45, 2.75) is 13.0 Å². The molecule has 0 aliphatic carbocycles. The molecule has 0 unspecified atom stereocenters. The van der Waals surface area contributed by atoms with Crippen LogP contribution in [0.15, 0.2) is 73.1 Å². The Morgan fingerprint density at radius 3 is 2.68 bits per heavy atom. The highest BCUT2D eigenvalue weighted by atomic mass is 32.1. The van der Waals surface area contributed by atoms with Crippen LogP contribution in [0, 0.1) is 0 Å². The summed E-state index contributed by atoms with van der Waals surface area (Å²) in [5, 5.41) is 20.2. The number of nitrogens with zero attached hydrogens (tertiary/aromatic N) is 1. The molecule has 0 saturated carbocycles. The van der Waals surface area contributed by atoms with Crippen molar-refractivity contribution >= 4 is 43.8 Å². The minimum Gasteiger partial charge on any atom is -0.395 e. The van der Waals surface area contributed by atoms with E-state index in [0.717, 1.165) is 53.2 Å². The molecular formula is C27H29N5OS. The number of aromatic nitrogens is 2. The third-order valence-corrected chi connectivity index (χ3v) is 7.01. The van der Waals surface area contributed by atoms with E-state index in [2.05, 4.69) is 80.5 Å². The Hall–Kier alpha value is -3.23. The highest BCUT2D eigenvalue weighted by Gasteiger charge is 2.10. The first-order valence-corrected chi connectivity index (χ1v) is 12.5. The van der Waals surface area contributed by atoms with Crippen LogP contribution in [-0.4, -0.2) is 41.3 Å². The van der Waals surface area contributed by atoms with Crippen molar-refractivity contribution in [3.63, 3.8) is 0 Å². The molecule has 0 amide bonds. The molecule has 5 N–H and O–H groups in total. The molecule has 6 nitrogen and oxygen atoms in total. The molecule has 7 heteroatoms. The molecule has 0 aliphatic rings. The quantitative estimate of drug-likeness (QED) is 0.170. The fourth-order valence-electron chi connectivity index (χ4n) is 4.03. The summed E-state index contributed by atoms with van der Waals surface area (Å²) in [6, 6.07) is 21.4. The zero-order valence-electron chi connectivity index (χ0n) is 19.0. The number of hydrogen-bond donors (Lipinski definition) is 5. The number of nitrogens with one attached hydrogen (secondary N) is 4. The van der Waals surface area contributed by atoms with Crippen molar-refractivity contribution in [1.82, 2.24) is 20.6 Å². The Labute approximate surface area is 203 Å². The number of aliphatic hydroxyl groups excluding tert-OH is 1. The van der Waals surface area contributed by atoms with E-state index in [1.165, 1.54) is 21.4 Å². The molecule has 3 heterocycles. The van der Waals surface area contributed by atoms with Gasteiger partial charge in [0.1, 0.15) is 0 Å². The molecule has 174 valence electrons. The van der Waals surface area contributed by atoms with Crippen molar-refractivity contribution in [2.75, 3.05) is 31.6 Å². The average molecular weight is 472 g/mol. The van der Waals surface area contributed by atoms with Crippen LogP contribution in [0.25, 0.3) is 31.6 Å². The van der Waals surface area contributed by atoms with Crippen molar-refractivity contribution in [3.05, 3.63) is 78.6 Å². The first kappa shape index (κ1) is 22.6. The smallest absolute Gasteiger partial charge is 0.0837 e. The lowest BCUT2D eigenvalue weighted by molar-refractivity contribution is 0.292. The van der Waals surface area contributed by atoms with Crippen LogP contribution in [0.2, 0.25) is 0 Å². The number of aliphatic hydroxyl groups is 1. The Morgan fingerprint density at radius 2 is 1.79 bits per heavy atom. The summed E-state index contributed by atoms with van der Waals surface area (Å²) in [5.74, 6) is 0. The Balaban J connectivity index is 1.25. The fraction of sp³-hybridized carbons (Fsp3) is 0.222. The summed E-state index contributed by atoms with van der Waals surface area (Å²) in [6.07, 6.45) is 4.87. The maximum atomic E-state index is 8.78. The van der Waals surface area contributed by atoms with Gasteiger partial charge in [-0.05, 0) is 67.0 Å². The van der Waals surface area contributed by atoms with Crippen LogP contribution in [0.1, 0.15) is 12.0 Å². The van der Waals surface area contributed by atoms with Gasteiger partial charge in [-0.3, -0.25) is 4.98 Å². The van der Waals surface area contributed by atoms with Gasteiger partial charge >= 0.3 is 0 Å². The molecule has 0 fully saturated rings. The van der Waals surface area contributed by atoms with E-state index in [1.807, 2.05) is 18.5 Å². The summed E-state index contributed by atoms with van der Waals surface area (Å²) in [6.45, 7) is 3.58. The highest BCUT2D eigenvalue weighted by Crippen LogP contribution is 2.37. The largest absolute Gasteiger partial charge is 0.395 e. The van der Waals surface area contributed by atoms with Gasteiger partial charge < -0.3 is 26.0 Å². The number of fused-ring (bicyclic) bond motifs is 2. The molecule has 3 aromatic heterocycles. The molecule has 5 rings (SSSR count). The third kappa shape index (κ3) is 5.29. The maximum absolute atomic E-state index is 8.78. The molecule has 0 radical (unpaired) electrons. The molecule has 0 saturated heterocycles. The van der Waals surface area contributed by atoms with Gasteiger partial charge in [-0.25, -0.2) is 0 Å². The second kappa shape index (κ2) is 10.8. The van der Waals surface area contributed by atoms with Gasteiger partial charge in [0.25, 0.3) is 0 Å². The van der Waals surface area contributed by atoms with Crippen LogP contribution < -0.4 is 16.0 Å². The van der Waals surface area contributed by atoms with Crippen LogP contribution >= 0.6 is 11.3 Å². The van der Waals surface area contributed by atoms with E-state index in [0.29, 0.717) is 6.54 Å². The minimum absolute atomic E-state index is 0.192. The molecule has 5 aromatic rings. The predicted octanol–water partition coefficient (Wildman–Crippen LogP) is 5.25. The number of hydrogen-bond acceptors (Lipinski definition) is 6. The third-order valence-electron chi connectivity index (χ3n) is 5.81. The van der Waals surface area contributed by atoms with Gasteiger partial charge in [-0.15, -0.1) is 11.3 Å². The maximum Gasteiger partial charge on any atom is 0.0837 e. The van der Waals surface area contributed by atoms with E-state index in [-0.39, 0.29) is 6.61 Å². The molecule has 0 aliphatic heterocycles. The van der Waals surface area contributed by atoms with E-state index in [4.69, 9.17) is 5.11 Å². The first-order chi connectivity index (χ1) is 16.8. The Kier molecular flexibility index (Phi) is 7.16. The summed E-state index contributed by atoms with van der Waals surface area (Å²) in [7, 11) is 0. The molecular weight excluding hydrogens is 442 g/mol. The molecule has 0 atom stereocenters. The second-order valence-corrected chi connectivity index (χ2v) is 9.34. The van der Waals surface area contributed by atoms with Crippen molar-refractivity contribution in [3.8, 4) is 10.4 Å². The lowest BCUT2D eigenvalue weighted by atomic mass is 10.1. The lowest BCUT2D eigenvalue weighted by Crippen LogP contribution is -2.23. The summed E-state index contributed by atoms with van der Waals surface area (Å²) in [4.78, 5) is 9.06. The summed E-state index contributed by atoms with van der Waals surface area (Å²) in [5.41, 5.74) is 6.76. The lowest BCUT2D eigenvalue weighted by Gasteiger charge is -2.07. The number of benzene rings is 2. The highest BCUT2D eigenvalue weighted by molar-refractivity contribution is 7.22. The number of anilines is 2. The van der Waals surface area contributed by atoms with Gasteiger partial charge in [-0.2, -0.15) is 0 Å². The predicted molar refractivity (Wildman–Crippen MR) is 143 cm³/mol. The Bertz CT molecular complexity index is 1360. The molecule has 0 spiro atoms. The van der Waals surface area contributed by atoms with Gasteiger partial charge in [0.2, 0.25) is 0 Å². The van der Waals surface area contributed by atoms with Crippen LogP contribution in [0.5, 0.6) is 0 Å². The van der Waals surface area contributed by atoms with E-state index in [1.54, 1.807) is 11.3 Å². The number of aromatic amines is 1. The average Bonchev–Trinajstić information content (AvgIpc) is 3.51. The number of H-pyrrole nitrogens is 1. The van der Waals surface area contributed by atoms with E-state index < -0.39 is 0 Å². The Morgan fingerprint density at radius 1 is 0.912 bits per heavy atom. The van der Waals surface area contributed by atoms with E-state index >= 15 is 0 Å². The SMILES string of the molecule is OCCNCCCNCc1ccc(-c2cc3nccc(Nc4ccc5[nH]ccc5c4)c3s2)cc1. The number of rotatable bonds is 11.